The van der Waals surface area contributed by atoms with Crippen LogP contribution in [0.4, 0.5) is 0 Å². The molecule has 0 spiro atoms. The number of hydrogen-bond acceptors (Lipinski definition) is 4. The molecule has 0 aromatic heterocycles. The summed E-state index contributed by atoms with van der Waals surface area (Å²) in [7, 11) is 0. The van der Waals surface area contributed by atoms with Crippen molar-refractivity contribution in [3.05, 3.63) is 48.0 Å². The summed E-state index contributed by atoms with van der Waals surface area (Å²) in [5.74, 6) is 0.136. The van der Waals surface area contributed by atoms with Crippen LogP contribution in [0.2, 0.25) is 0 Å². The number of hydrogen-bond donors (Lipinski definition) is 2. The summed E-state index contributed by atoms with van der Waals surface area (Å²) in [4.78, 5) is 10.6. The van der Waals surface area contributed by atoms with Crippen molar-refractivity contribution in [1.29, 1.82) is 0 Å². The van der Waals surface area contributed by atoms with E-state index in [9.17, 15) is 9.90 Å². The molecule has 1 aromatic rings. The maximum atomic E-state index is 10.6. The molecule has 7 atom stereocenters. The second kappa shape index (κ2) is 8.76. The maximum Gasteiger partial charge on any atom is 0.303 e. The number of fused-ring (bicyclic) bond motifs is 5. The zero-order valence-electron chi connectivity index (χ0n) is 16.2. The number of aliphatic hydroxyl groups is 1. The van der Waals surface area contributed by atoms with Crippen molar-refractivity contribution in [1.82, 2.24) is 0 Å². The number of unbranched alkanes of at least 4 members (excludes halogenated alkanes) is 1. The van der Waals surface area contributed by atoms with Crippen molar-refractivity contribution in [2.24, 2.45) is 11.8 Å². The molecule has 2 bridgehead atoms. The monoisotopic (exact) mass is 386 g/mol. The number of benzene rings is 1. The van der Waals surface area contributed by atoms with E-state index in [2.05, 4.69) is 24.3 Å². The number of aliphatic hydroxyl groups excluding tert-OH is 1. The Morgan fingerprint density at radius 2 is 1.75 bits per heavy atom. The van der Waals surface area contributed by atoms with Gasteiger partial charge in [0, 0.05) is 6.42 Å². The standard InChI is InChI=1S/C23H30O5/c24-16(14-15-8-4-3-5-9-15)12-13-18-17(10-6-1-2-7-11-19(25)26)20-22-23(28-22)21(18)27-20/h1,3-6,8-9,16-18,20-24H,2,7,10-14H2,(H,25,26)/t16?,17-,18+,20+,21-,22-,23+/m0/s1. The normalized spacial score (nSPS) is 33.9. The minimum atomic E-state index is -0.735. The lowest BCUT2D eigenvalue weighted by Gasteiger charge is -2.26. The third-order valence-electron chi connectivity index (χ3n) is 6.40. The van der Waals surface area contributed by atoms with Crippen LogP contribution in [0.1, 0.15) is 44.1 Å². The summed E-state index contributed by atoms with van der Waals surface area (Å²) in [6.07, 6.45) is 9.96. The summed E-state index contributed by atoms with van der Waals surface area (Å²) in [5, 5.41) is 19.2. The van der Waals surface area contributed by atoms with Gasteiger partial charge in [-0.15, -0.1) is 0 Å². The van der Waals surface area contributed by atoms with Gasteiger partial charge in [0.05, 0.1) is 18.3 Å². The van der Waals surface area contributed by atoms with Crippen LogP contribution in [0.15, 0.2) is 42.5 Å². The van der Waals surface area contributed by atoms with Crippen molar-refractivity contribution in [2.45, 2.75) is 75.5 Å². The molecule has 5 heteroatoms. The van der Waals surface area contributed by atoms with Crippen molar-refractivity contribution in [3.63, 3.8) is 0 Å². The molecule has 3 aliphatic rings. The molecule has 1 unspecified atom stereocenters. The van der Waals surface area contributed by atoms with E-state index in [1.807, 2.05) is 18.2 Å². The Morgan fingerprint density at radius 3 is 2.50 bits per heavy atom. The highest BCUT2D eigenvalue weighted by Gasteiger charge is 2.68. The van der Waals surface area contributed by atoms with Gasteiger partial charge in [-0.2, -0.15) is 0 Å². The Kier molecular flexibility index (Phi) is 6.14. The van der Waals surface area contributed by atoms with Gasteiger partial charge >= 0.3 is 5.97 Å². The first kappa shape index (κ1) is 19.6. The van der Waals surface area contributed by atoms with Crippen LogP contribution in [0.3, 0.4) is 0 Å². The Hall–Kier alpha value is -1.69. The molecular weight excluding hydrogens is 356 g/mol. The van der Waals surface area contributed by atoms with Gasteiger partial charge < -0.3 is 19.7 Å². The van der Waals surface area contributed by atoms with Crippen LogP contribution in [0, 0.1) is 11.8 Å². The van der Waals surface area contributed by atoms with Crippen molar-refractivity contribution >= 4 is 5.97 Å². The van der Waals surface area contributed by atoms with Gasteiger partial charge in [-0.1, -0.05) is 42.5 Å². The lowest BCUT2D eigenvalue weighted by atomic mass is 9.75. The summed E-state index contributed by atoms with van der Waals surface area (Å²) < 4.78 is 12.0. The largest absolute Gasteiger partial charge is 0.481 e. The van der Waals surface area contributed by atoms with E-state index < -0.39 is 5.97 Å². The topological polar surface area (TPSA) is 79.3 Å². The van der Waals surface area contributed by atoms with Crippen LogP contribution in [0.25, 0.3) is 0 Å². The lowest BCUT2D eigenvalue weighted by molar-refractivity contribution is -0.137. The molecule has 3 saturated heterocycles. The lowest BCUT2D eigenvalue weighted by Crippen LogP contribution is -2.33. The van der Waals surface area contributed by atoms with Gasteiger partial charge in [-0.3, -0.25) is 4.79 Å². The third-order valence-corrected chi connectivity index (χ3v) is 6.40. The predicted octanol–water partition coefficient (Wildman–Crippen LogP) is 3.35. The number of aliphatic carboxylic acids is 1. The molecule has 3 aliphatic heterocycles. The molecule has 0 radical (unpaired) electrons. The number of epoxide rings is 1. The summed E-state index contributed by atoms with van der Waals surface area (Å²) >= 11 is 0. The Bertz CT molecular complexity index is 687. The SMILES string of the molecule is O=C(O)CCCC=CC[C@H]1[C@@H](CCC(O)Cc2ccccc2)[C@@H]2O[C@H]1[C@@H]1O[C@@H]12. The van der Waals surface area contributed by atoms with Crippen molar-refractivity contribution in [2.75, 3.05) is 0 Å². The molecule has 4 rings (SSSR count). The molecule has 1 aromatic carbocycles. The fraction of sp³-hybridized carbons (Fsp3) is 0.609. The molecule has 0 amide bonds. The van der Waals surface area contributed by atoms with Gasteiger partial charge in [0.1, 0.15) is 12.2 Å². The Labute approximate surface area is 166 Å². The fourth-order valence-electron chi connectivity index (χ4n) is 4.98. The van der Waals surface area contributed by atoms with Crippen LogP contribution in [-0.2, 0) is 20.7 Å². The van der Waals surface area contributed by atoms with E-state index in [1.165, 1.54) is 5.56 Å². The van der Waals surface area contributed by atoms with E-state index >= 15 is 0 Å². The molecule has 5 nitrogen and oxygen atoms in total. The molecular formula is C23H30O5. The molecule has 2 N–H and O–H groups in total. The van der Waals surface area contributed by atoms with E-state index in [1.54, 1.807) is 0 Å². The van der Waals surface area contributed by atoms with Gasteiger partial charge in [0.25, 0.3) is 0 Å². The Morgan fingerprint density at radius 1 is 1.04 bits per heavy atom. The zero-order chi connectivity index (χ0) is 19.5. The van der Waals surface area contributed by atoms with E-state index in [0.29, 0.717) is 24.7 Å². The van der Waals surface area contributed by atoms with Crippen LogP contribution in [-0.4, -0.2) is 46.7 Å². The van der Waals surface area contributed by atoms with E-state index in [-0.39, 0.29) is 36.9 Å². The summed E-state index contributed by atoms with van der Waals surface area (Å²) in [6, 6.07) is 10.1. The van der Waals surface area contributed by atoms with Crippen molar-refractivity contribution in [3.8, 4) is 0 Å². The number of carboxylic acids is 1. The average Bonchev–Trinajstić information content (AvgIpc) is 3.30. The Balaban J connectivity index is 1.26. The van der Waals surface area contributed by atoms with Gasteiger partial charge in [-0.25, -0.2) is 0 Å². The first-order chi connectivity index (χ1) is 13.6. The highest BCUT2D eigenvalue weighted by molar-refractivity contribution is 5.66. The first-order valence-electron chi connectivity index (χ1n) is 10.5. The fourth-order valence-corrected chi connectivity index (χ4v) is 4.98. The third kappa shape index (κ3) is 4.48. The number of allylic oxidation sites excluding steroid dienone is 2. The maximum absolute atomic E-state index is 10.6. The number of carbonyl (C=O) groups is 1. The van der Waals surface area contributed by atoms with Crippen molar-refractivity contribution < 1.29 is 24.5 Å². The highest BCUT2D eigenvalue weighted by Crippen LogP contribution is 2.56. The first-order valence-corrected chi connectivity index (χ1v) is 10.5. The van der Waals surface area contributed by atoms with E-state index in [0.717, 1.165) is 25.7 Å². The smallest absolute Gasteiger partial charge is 0.303 e. The minimum absolute atomic E-state index is 0.185. The summed E-state index contributed by atoms with van der Waals surface area (Å²) in [5.41, 5.74) is 1.17. The second-order valence-corrected chi connectivity index (χ2v) is 8.37. The highest BCUT2D eigenvalue weighted by atomic mass is 16.7. The molecule has 0 aliphatic carbocycles. The van der Waals surface area contributed by atoms with Gasteiger partial charge in [-0.05, 0) is 55.9 Å². The van der Waals surface area contributed by atoms with Crippen LogP contribution in [0.5, 0.6) is 0 Å². The van der Waals surface area contributed by atoms with Crippen LogP contribution >= 0.6 is 0 Å². The molecule has 0 saturated carbocycles. The molecule has 3 heterocycles. The number of rotatable bonds is 11. The number of carboxylic acid groups (broad SMARTS) is 1. The molecule has 3 fully saturated rings. The molecule has 28 heavy (non-hydrogen) atoms. The average molecular weight is 386 g/mol. The predicted molar refractivity (Wildman–Crippen MR) is 105 cm³/mol. The molecule has 152 valence electrons. The van der Waals surface area contributed by atoms with E-state index in [4.69, 9.17) is 14.6 Å². The zero-order valence-corrected chi connectivity index (χ0v) is 16.2. The van der Waals surface area contributed by atoms with Gasteiger partial charge in [0.15, 0.2) is 0 Å². The van der Waals surface area contributed by atoms with Gasteiger partial charge in [0.2, 0.25) is 0 Å². The minimum Gasteiger partial charge on any atom is -0.481 e. The quantitative estimate of drug-likeness (QED) is 0.346. The summed E-state index contributed by atoms with van der Waals surface area (Å²) in [6.45, 7) is 0. The number of ether oxygens (including phenoxy) is 2. The second-order valence-electron chi connectivity index (χ2n) is 8.37. The van der Waals surface area contributed by atoms with Crippen LogP contribution < -0.4 is 0 Å².